The minimum absolute atomic E-state index is 0.122. The quantitative estimate of drug-likeness (QED) is 0.676. The minimum atomic E-state index is -0.422. The van der Waals surface area contributed by atoms with Gasteiger partial charge < -0.3 is 14.6 Å². The lowest BCUT2D eigenvalue weighted by Gasteiger charge is -2.24. The molecule has 1 aliphatic heterocycles. The Hall–Kier alpha value is -0.380. The first-order valence-corrected chi connectivity index (χ1v) is 4.77. The summed E-state index contributed by atoms with van der Waals surface area (Å²) in [6, 6.07) is 0. The third-order valence-electron chi connectivity index (χ3n) is 2.14. The molecule has 0 saturated carbocycles. The van der Waals surface area contributed by atoms with Crippen LogP contribution < -0.4 is 0 Å². The Morgan fingerprint density at radius 3 is 2.69 bits per heavy atom. The van der Waals surface area contributed by atoms with E-state index in [0.29, 0.717) is 6.42 Å². The van der Waals surface area contributed by atoms with Gasteiger partial charge in [0, 0.05) is 6.42 Å². The van der Waals surface area contributed by atoms with E-state index in [0.717, 1.165) is 31.6 Å². The summed E-state index contributed by atoms with van der Waals surface area (Å²) < 4.78 is 10.7. The van der Waals surface area contributed by atoms with Gasteiger partial charge in [-0.3, -0.25) is 0 Å². The van der Waals surface area contributed by atoms with Crippen molar-refractivity contribution < 1.29 is 14.6 Å². The van der Waals surface area contributed by atoms with E-state index in [1.165, 1.54) is 0 Å². The van der Waals surface area contributed by atoms with E-state index in [2.05, 4.69) is 6.58 Å². The molecule has 3 heteroatoms. The van der Waals surface area contributed by atoms with Gasteiger partial charge in [0.25, 0.3) is 0 Å². The van der Waals surface area contributed by atoms with Crippen LogP contribution in [0.3, 0.4) is 0 Å². The lowest BCUT2D eigenvalue weighted by molar-refractivity contribution is -0.183. The highest BCUT2D eigenvalue weighted by molar-refractivity contribution is 4.96. The van der Waals surface area contributed by atoms with E-state index in [-0.39, 0.29) is 6.29 Å². The molecule has 1 N–H and O–H groups in total. The average Bonchev–Trinajstić information content (AvgIpc) is 2.15. The fourth-order valence-electron chi connectivity index (χ4n) is 1.24. The summed E-state index contributed by atoms with van der Waals surface area (Å²) >= 11 is 0. The molecule has 0 unspecified atom stereocenters. The SMILES string of the molecule is C=C(C)[C@H](O)CCC1OCCCO1. The zero-order valence-electron chi connectivity index (χ0n) is 8.16. The lowest BCUT2D eigenvalue weighted by Crippen LogP contribution is -2.26. The van der Waals surface area contributed by atoms with Gasteiger partial charge in [-0.1, -0.05) is 12.2 Å². The van der Waals surface area contributed by atoms with Crippen LogP contribution >= 0.6 is 0 Å². The normalized spacial score (nSPS) is 21.4. The predicted molar refractivity (Wildman–Crippen MR) is 50.4 cm³/mol. The molecule has 0 spiro atoms. The van der Waals surface area contributed by atoms with E-state index in [4.69, 9.17) is 9.47 Å². The van der Waals surface area contributed by atoms with Crippen molar-refractivity contribution >= 4 is 0 Å². The van der Waals surface area contributed by atoms with Crippen LogP contribution in [-0.4, -0.2) is 30.7 Å². The number of aliphatic hydroxyl groups is 1. The second-order valence-electron chi connectivity index (χ2n) is 3.46. The smallest absolute Gasteiger partial charge is 0.157 e. The van der Waals surface area contributed by atoms with E-state index >= 15 is 0 Å². The van der Waals surface area contributed by atoms with Gasteiger partial charge in [-0.25, -0.2) is 0 Å². The topological polar surface area (TPSA) is 38.7 Å². The van der Waals surface area contributed by atoms with E-state index in [1.54, 1.807) is 0 Å². The Bertz CT molecular complexity index is 162. The summed E-state index contributed by atoms with van der Waals surface area (Å²) in [5.74, 6) is 0. The van der Waals surface area contributed by atoms with E-state index in [1.807, 2.05) is 6.92 Å². The summed E-state index contributed by atoms with van der Waals surface area (Å²) in [5, 5.41) is 9.45. The van der Waals surface area contributed by atoms with Gasteiger partial charge in [0.2, 0.25) is 0 Å². The molecule has 1 rings (SSSR count). The third-order valence-corrected chi connectivity index (χ3v) is 2.14. The molecule has 3 nitrogen and oxygen atoms in total. The fraction of sp³-hybridized carbons (Fsp3) is 0.800. The van der Waals surface area contributed by atoms with Crippen LogP contribution in [0, 0.1) is 0 Å². The maximum atomic E-state index is 9.45. The van der Waals surface area contributed by atoms with E-state index < -0.39 is 6.10 Å². The molecule has 13 heavy (non-hydrogen) atoms. The van der Waals surface area contributed by atoms with Crippen LogP contribution in [0.5, 0.6) is 0 Å². The highest BCUT2D eigenvalue weighted by Crippen LogP contribution is 2.14. The Balaban J connectivity index is 2.13. The molecule has 1 aliphatic rings. The summed E-state index contributed by atoms with van der Waals surface area (Å²) in [5.41, 5.74) is 0.802. The Kier molecular flexibility index (Phi) is 4.42. The van der Waals surface area contributed by atoms with Gasteiger partial charge in [0.1, 0.15) is 0 Å². The Morgan fingerprint density at radius 1 is 1.54 bits per heavy atom. The van der Waals surface area contributed by atoms with Crippen molar-refractivity contribution in [1.82, 2.24) is 0 Å². The van der Waals surface area contributed by atoms with Gasteiger partial charge in [-0.2, -0.15) is 0 Å². The first kappa shape index (κ1) is 10.7. The van der Waals surface area contributed by atoms with Crippen LogP contribution in [0.1, 0.15) is 26.2 Å². The maximum absolute atomic E-state index is 9.45. The van der Waals surface area contributed by atoms with Crippen LogP contribution in [0.2, 0.25) is 0 Å². The Morgan fingerprint density at radius 2 is 2.15 bits per heavy atom. The minimum Gasteiger partial charge on any atom is -0.389 e. The molecule has 76 valence electrons. The lowest BCUT2D eigenvalue weighted by atomic mass is 10.1. The molecular formula is C10H18O3. The molecule has 0 aliphatic carbocycles. The molecule has 0 radical (unpaired) electrons. The fourth-order valence-corrected chi connectivity index (χ4v) is 1.24. The van der Waals surface area contributed by atoms with Crippen LogP contribution in [-0.2, 0) is 9.47 Å². The summed E-state index contributed by atoms with van der Waals surface area (Å²) in [6.45, 7) is 7.06. The molecular weight excluding hydrogens is 168 g/mol. The van der Waals surface area contributed by atoms with Gasteiger partial charge in [0.05, 0.1) is 19.3 Å². The summed E-state index contributed by atoms with van der Waals surface area (Å²) in [4.78, 5) is 0. The molecule has 0 aromatic rings. The van der Waals surface area contributed by atoms with Crippen molar-refractivity contribution in [3.05, 3.63) is 12.2 Å². The molecule has 0 aromatic heterocycles. The number of rotatable bonds is 4. The molecule has 1 atom stereocenters. The van der Waals surface area contributed by atoms with Crippen molar-refractivity contribution in [2.75, 3.05) is 13.2 Å². The second-order valence-corrected chi connectivity index (χ2v) is 3.46. The van der Waals surface area contributed by atoms with Crippen molar-refractivity contribution in [1.29, 1.82) is 0 Å². The number of hydrogen-bond donors (Lipinski definition) is 1. The molecule has 1 fully saturated rings. The van der Waals surface area contributed by atoms with Gasteiger partial charge in [-0.05, 0) is 19.8 Å². The number of hydrogen-bond acceptors (Lipinski definition) is 3. The standard InChI is InChI=1S/C10H18O3/c1-8(2)9(11)4-5-10-12-6-3-7-13-10/h9-11H,1,3-7H2,2H3/t9-/m1/s1. The first-order valence-electron chi connectivity index (χ1n) is 4.77. The molecule has 0 bridgehead atoms. The zero-order chi connectivity index (χ0) is 9.68. The van der Waals surface area contributed by atoms with Gasteiger partial charge in [-0.15, -0.1) is 0 Å². The van der Waals surface area contributed by atoms with Crippen molar-refractivity contribution in [3.8, 4) is 0 Å². The number of aliphatic hydroxyl groups excluding tert-OH is 1. The van der Waals surface area contributed by atoms with Crippen molar-refractivity contribution in [2.45, 2.75) is 38.6 Å². The average molecular weight is 186 g/mol. The Labute approximate surface area is 79.3 Å². The third kappa shape index (κ3) is 3.89. The first-order chi connectivity index (χ1) is 6.20. The highest BCUT2D eigenvalue weighted by atomic mass is 16.7. The van der Waals surface area contributed by atoms with Gasteiger partial charge >= 0.3 is 0 Å². The molecule has 0 amide bonds. The summed E-state index contributed by atoms with van der Waals surface area (Å²) in [6.07, 6.45) is 1.84. The van der Waals surface area contributed by atoms with Gasteiger partial charge in [0.15, 0.2) is 6.29 Å². The van der Waals surface area contributed by atoms with Crippen LogP contribution in [0.4, 0.5) is 0 Å². The maximum Gasteiger partial charge on any atom is 0.157 e. The zero-order valence-corrected chi connectivity index (χ0v) is 8.16. The molecule has 0 aromatic carbocycles. The van der Waals surface area contributed by atoms with E-state index in [9.17, 15) is 5.11 Å². The predicted octanol–water partition coefficient (Wildman–Crippen LogP) is 1.47. The molecule has 1 saturated heterocycles. The number of ether oxygens (including phenoxy) is 2. The van der Waals surface area contributed by atoms with Crippen molar-refractivity contribution in [3.63, 3.8) is 0 Å². The highest BCUT2D eigenvalue weighted by Gasteiger charge is 2.15. The largest absolute Gasteiger partial charge is 0.389 e. The second kappa shape index (κ2) is 5.37. The molecule has 1 heterocycles. The van der Waals surface area contributed by atoms with Crippen LogP contribution in [0.15, 0.2) is 12.2 Å². The summed E-state index contributed by atoms with van der Waals surface area (Å²) in [7, 11) is 0. The van der Waals surface area contributed by atoms with Crippen molar-refractivity contribution in [2.24, 2.45) is 0 Å². The monoisotopic (exact) mass is 186 g/mol. The van der Waals surface area contributed by atoms with Crippen LogP contribution in [0.25, 0.3) is 0 Å².